The van der Waals surface area contributed by atoms with Gasteiger partial charge in [0.15, 0.2) is 11.5 Å². The van der Waals surface area contributed by atoms with Crippen molar-refractivity contribution in [3.8, 4) is 11.5 Å². The van der Waals surface area contributed by atoms with E-state index in [1.165, 1.54) is 38.5 Å². The minimum absolute atomic E-state index is 0.0512. The minimum atomic E-state index is -4.52. The number of hydrogen-bond acceptors (Lipinski definition) is 9. The molecule has 2 heterocycles. The summed E-state index contributed by atoms with van der Waals surface area (Å²) >= 11 is 0. The molecule has 1 fully saturated rings. The molecule has 1 aliphatic rings. The molecule has 14 heteroatoms. The maximum absolute atomic E-state index is 14.2. The second-order valence-electron chi connectivity index (χ2n) is 8.58. The van der Waals surface area contributed by atoms with E-state index < -0.39 is 33.0 Å². The Morgan fingerprint density at radius 2 is 1.69 bits per heavy atom. The number of nitrogens with one attached hydrogen (secondary N) is 1. The largest absolute Gasteiger partial charge is 0.494 e. The van der Waals surface area contributed by atoms with Crippen LogP contribution < -0.4 is 25.1 Å². The summed E-state index contributed by atoms with van der Waals surface area (Å²) in [5, 5.41) is 8.00. The van der Waals surface area contributed by atoms with Crippen molar-refractivity contribution in [2.75, 3.05) is 37.2 Å². The lowest BCUT2D eigenvalue weighted by Crippen LogP contribution is -2.60. The first-order chi connectivity index (χ1) is 18.7. The van der Waals surface area contributed by atoms with Crippen molar-refractivity contribution in [3.63, 3.8) is 0 Å². The highest BCUT2D eigenvalue weighted by atomic mass is 32.2. The predicted molar refractivity (Wildman–Crippen MR) is 143 cm³/mol. The summed E-state index contributed by atoms with van der Waals surface area (Å²) in [6.07, 6.45) is 2.63. The van der Waals surface area contributed by atoms with Crippen molar-refractivity contribution in [1.29, 1.82) is 5.41 Å². The molecule has 206 valence electrons. The van der Waals surface area contributed by atoms with Gasteiger partial charge in [0.1, 0.15) is 11.5 Å². The van der Waals surface area contributed by atoms with Gasteiger partial charge in [0, 0.05) is 18.7 Å². The number of methoxy groups -OCH3 is 2. The minimum Gasteiger partial charge on any atom is -0.494 e. The molecule has 1 aliphatic heterocycles. The number of nitrogens with zero attached hydrogens (tertiary/aromatic N) is 5. The Morgan fingerprint density at radius 1 is 1.08 bits per heavy atom. The smallest absolute Gasteiger partial charge is 0.278 e. The zero-order chi connectivity index (χ0) is 28.2. The van der Waals surface area contributed by atoms with Crippen LogP contribution in [0.5, 0.6) is 11.5 Å². The van der Waals surface area contributed by atoms with E-state index >= 15 is 0 Å². The number of benzene rings is 2. The lowest BCUT2D eigenvalue weighted by atomic mass is 10.1. The second kappa shape index (κ2) is 11.5. The third kappa shape index (κ3) is 5.55. The molecule has 3 N–H and O–H groups in total. The topological polar surface area (TPSA) is 155 Å². The van der Waals surface area contributed by atoms with E-state index in [-0.39, 0.29) is 41.7 Å². The first-order valence-corrected chi connectivity index (χ1v) is 13.4. The summed E-state index contributed by atoms with van der Waals surface area (Å²) in [5.74, 6) is -1.93. The Labute approximate surface area is 225 Å². The number of sulfonamides is 1. The highest BCUT2D eigenvalue weighted by molar-refractivity contribution is 7.90. The fourth-order valence-electron chi connectivity index (χ4n) is 4.35. The summed E-state index contributed by atoms with van der Waals surface area (Å²) in [6.45, 7) is 0.360. The molecule has 39 heavy (non-hydrogen) atoms. The molecule has 0 unspecified atom stereocenters. The number of piperidine rings is 1. The van der Waals surface area contributed by atoms with E-state index in [0.29, 0.717) is 17.4 Å². The summed E-state index contributed by atoms with van der Waals surface area (Å²) in [4.78, 5) is 23.5. The first kappa shape index (κ1) is 27.6. The molecule has 0 saturated carbocycles. The second-order valence-corrected chi connectivity index (χ2v) is 10.6. The van der Waals surface area contributed by atoms with E-state index in [2.05, 4.69) is 9.97 Å². The Bertz CT molecular complexity index is 1420. The standard InChI is InChI=1S/C25H28FN7O5S/c1-37-20-11-6-12-21(38-2)22(20)32(23(34)17-8-4-3-5-9-17)33(24(27)28)39(35,36)19-10-7-13-31(16-19)25-29-14-18(26)15-30-25/h3-6,8-9,11-12,14-15,19H,7,10,13,16H2,1-2H3,(H3,27,28)/t19-/m1/s1. The van der Waals surface area contributed by atoms with Crippen LogP contribution in [0.15, 0.2) is 60.9 Å². The number of guanidine groups is 1. The van der Waals surface area contributed by atoms with Crippen LogP contribution in [0.1, 0.15) is 23.2 Å². The fraction of sp³-hybridized carbons (Fsp3) is 0.280. The number of carbonyl (C=O) groups excluding carboxylic acids is 1. The third-order valence-electron chi connectivity index (χ3n) is 6.14. The fourth-order valence-corrected chi connectivity index (χ4v) is 6.12. The molecule has 1 atom stereocenters. The number of amides is 1. The number of nitrogens with two attached hydrogens (primary N) is 1. The summed E-state index contributed by atoms with van der Waals surface area (Å²) in [7, 11) is -1.80. The van der Waals surface area contributed by atoms with Crippen LogP contribution in [0, 0.1) is 11.2 Å². The zero-order valence-corrected chi connectivity index (χ0v) is 22.1. The Morgan fingerprint density at radius 3 is 2.26 bits per heavy atom. The Hall–Kier alpha value is -4.46. The summed E-state index contributed by atoms with van der Waals surface area (Å²) in [5.41, 5.74) is 5.99. The van der Waals surface area contributed by atoms with E-state index in [4.69, 9.17) is 20.6 Å². The third-order valence-corrected chi connectivity index (χ3v) is 8.21. The van der Waals surface area contributed by atoms with Crippen LogP contribution in [0.2, 0.25) is 0 Å². The van der Waals surface area contributed by atoms with Crippen molar-refractivity contribution >= 4 is 33.5 Å². The average Bonchev–Trinajstić information content (AvgIpc) is 2.95. The quantitative estimate of drug-likeness (QED) is 0.253. The van der Waals surface area contributed by atoms with Gasteiger partial charge in [-0.3, -0.25) is 10.2 Å². The number of hydrogen-bond donors (Lipinski definition) is 2. The first-order valence-electron chi connectivity index (χ1n) is 11.9. The van der Waals surface area contributed by atoms with Crippen molar-refractivity contribution < 1.29 is 27.1 Å². The number of ether oxygens (including phenoxy) is 2. The lowest BCUT2D eigenvalue weighted by Gasteiger charge is -2.39. The van der Waals surface area contributed by atoms with Crippen molar-refractivity contribution in [1.82, 2.24) is 14.4 Å². The molecule has 0 bridgehead atoms. The van der Waals surface area contributed by atoms with Crippen molar-refractivity contribution in [3.05, 3.63) is 72.3 Å². The highest BCUT2D eigenvalue weighted by Crippen LogP contribution is 2.40. The molecular formula is C25H28FN7O5S. The number of halogens is 1. The predicted octanol–water partition coefficient (Wildman–Crippen LogP) is 2.39. The highest BCUT2D eigenvalue weighted by Gasteiger charge is 2.44. The molecule has 2 aromatic carbocycles. The van der Waals surface area contributed by atoms with Gasteiger partial charge >= 0.3 is 0 Å². The van der Waals surface area contributed by atoms with Gasteiger partial charge in [-0.05, 0) is 37.1 Å². The van der Waals surface area contributed by atoms with Gasteiger partial charge in [-0.1, -0.05) is 24.3 Å². The number of hydrazine groups is 1. The van der Waals surface area contributed by atoms with Gasteiger partial charge < -0.3 is 20.1 Å². The molecule has 1 saturated heterocycles. The van der Waals surface area contributed by atoms with Gasteiger partial charge in [-0.15, -0.1) is 4.41 Å². The number of para-hydroxylation sites is 1. The average molecular weight is 558 g/mol. The van der Waals surface area contributed by atoms with Gasteiger partial charge in [-0.2, -0.15) is 5.01 Å². The SMILES string of the molecule is COc1cccc(OC)c1N(C(=O)c1ccccc1)N(C(=N)N)S(=O)(=O)[C@@H]1CCCN(c2ncc(F)cn2)C1. The van der Waals surface area contributed by atoms with Gasteiger partial charge in [0.25, 0.3) is 15.9 Å². The van der Waals surface area contributed by atoms with Crippen LogP contribution in [-0.4, -0.2) is 67.2 Å². The molecule has 4 rings (SSSR count). The number of aromatic nitrogens is 2. The van der Waals surface area contributed by atoms with Crippen LogP contribution in [0.25, 0.3) is 0 Å². The van der Waals surface area contributed by atoms with E-state index in [1.807, 2.05) is 0 Å². The summed E-state index contributed by atoms with van der Waals surface area (Å²) in [6, 6.07) is 12.6. The van der Waals surface area contributed by atoms with E-state index in [0.717, 1.165) is 17.4 Å². The zero-order valence-electron chi connectivity index (χ0n) is 21.3. The molecular weight excluding hydrogens is 529 g/mol. The molecule has 12 nitrogen and oxygen atoms in total. The normalized spacial score (nSPS) is 15.4. The molecule has 0 aliphatic carbocycles. The molecule has 1 amide bonds. The Balaban J connectivity index is 1.84. The molecule has 0 radical (unpaired) electrons. The Kier molecular flexibility index (Phi) is 8.14. The van der Waals surface area contributed by atoms with Crippen molar-refractivity contribution in [2.24, 2.45) is 5.73 Å². The van der Waals surface area contributed by atoms with Crippen LogP contribution in [0.4, 0.5) is 16.0 Å². The number of anilines is 2. The maximum Gasteiger partial charge on any atom is 0.278 e. The van der Waals surface area contributed by atoms with Crippen LogP contribution in [-0.2, 0) is 10.0 Å². The van der Waals surface area contributed by atoms with Gasteiger partial charge in [0.05, 0.1) is 31.9 Å². The summed E-state index contributed by atoms with van der Waals surface area (Å²) < 4.78 is 53.2. The lowest BCUT2D eigenvalue weighted by molar-refractivity contribution is 0.0957. The van der Waals surface area contributed by atoms with E-state index in [9.17, 15) is 17.6 Å². The van der Waals surface area contributed by atoms with E-state index in [1.54, 1.807) is 29.2 Å². The maximum atomic E-state index is 14.2. The van der Waals surface area contributed by atoms with Gasteiger partial charge in [0.2, 0.25) is 11.9 Å². The molecule has 3 aromatic rings. The molecule has 1 aromatic heterocycles. The number of rotatable bonds is 7. The van der Waals surface area contributed by atoms with Crippen molar-refractivity contribution in [2.45, 2.75) is 18.1 Å². The van der Waals surface area contributed by atoms with Crippen LogP contribution in [0.3, 0.4) is 0 Å². The van der Waals surface area contributed by atoms with Gasteiger partial charge in [-0.25, -0.2) is 22.8 Å². The molecule has 0 spiro atoms. The van der Waals surface area contributed by atoms with Crippen LogP contribution >= 0.6 is 0 Å². The monoisotopic (exact) mass is 557 g/mol. The number of carbonyl (C=O) groups is 1.